The number of likely N-dealkylation sites (N-methyl/N-ethyl adjacent to an activating group) is 1. The minimum absolute atomic E-state index is 0.259. The molecule has 0 bridgehead atoms. The van der Waals surface area contributed by atoms with Crippen LogP contribution in [0.2, 0.25) is 0 Å². The monoisotopic (exact) mass is 285 g/mol. The molecule has 0 atom stereocenters. The maximum Gasteiger partial charge on any atom is 0.331 e. The third-order valence-corrected chi connectivity index (χ3v) is 3.41. The molecule has 3 nitrogen and oxygen atoms in total. The Balaban J connectivity index is 3.07. The van der Waals surface area contributed by atoms with Crippen LogP contribution in [-0.4, -0.2) is 25.7 Å². The van der Waals surface area contributed by atoms with Gasteiger partial charge in [-0.25, -0.2) is 4.79 Å². The van der Waals surface area contributed by atoms with Crippen molar-refractivity contribution in [3.05, 3.63) is 28.7 Å². The Morgan fingerprint density at radius 2 is 1.94 bits per heavy atom. The molecule has 4 heteroatoms. The number of carbonyl (C=O) groups excluding carboxylic acids is 1. The van der Waals surface area contributed by atoms with Crippen molar-refractivity contribution in [1.82, 2.24) is 0 Å². The van der Waals surface area contributed by atoms with Crippen LogP contribution in [0.5, 0.6) is 0 Å². The van der Waals surface area contributed by atoms with Crippen LogP contribution in [0, 0.1) is 0 Å². The van der Waals surface area contributed by atoms with Crippen LogP contribution in [0.3, 0.4) is 0 Å². The standard InChI is InChI=1S/C12H16BrNO2/c1-12(2,11(15)16-4)14(3)10-8-6-5-7-9(10)13/h5-8H,1-4H3. The van der Waals surface area contributed by atoms with E-state index in [4.69, 9.17) is 4.74 Å². The molecule has 0 heterocycles. The SMILES string of the molecule is COC(=O)C(C)(C)N(C)c1ccccc1Br. The van der Waals surface area contributed by atoms with Crippen molar-refractivity contribution in [3.8, 4) is 0 Å². The number of anilines is 1. The lowest BCUT2D eigenvalue weighted by Crippen LogP contribution is -2.49. The molecule has 16 heavy (non-hydrogen) atoms. The molecule has 0 spiro atoms. The highest BCUT2D eigenvalue weighted by atomic mass is 79.9. The Morgan fingerprint density at radius 3 is 2.44 bits per heavy atom. The van der Waals surface area contributed by atoms with E-state index >= 15 is 0 Å². The molecular weight excluding hydrogens is 270 g/mol. The van der Waals surface area contributed by atoms with Gasteiger partial charge in [-0.3, -0.25) is 0 Å². The molecule has 0 fully saturated rings. The van der Waals surface area contributed by atoms with Gasteiger partial charge in [0.15, 0.2) is 0 Å². The smallest absolute Gasteiger partial charge is 0.331 e. The molecule has 1 aromatic rings. The van der Waals surface area contributed by atoms with Gasteiger partial charge in [-0.05, 0) is 41.9 Å². The Labute approximate surface area is 105 Å². The molecule has 1 aromatic carbocycles. The molecule has 0 saturated carbocycles. The number of benzene rings is 1. The summed E-state index contributed by atoms with van der Waals surface area (Å²) in [5.41, 5.74) is 0.261. The Hall–Kier alpha value is -1.03. The predicted octanol–water partition coefficient (Wildman–Crippen LogP) is 2.84. The van der Waals surface area contributed by atoms with Crippen LogP contribution in [0.1, 0.15) is 13.8 Å². The second-order valence-electron chi connectivity index (χ2n) is 4.06. The first-order chi connectivity index (χ1) is 7.41. The largest absolute Gasteiger partial charge is 0.467 e. The summed E-state index contributed by atoms with van der Waals surface area (Å²) in [5, 5.41) is 0. The number of methoxy groups -OCH3 is 1. The molecule has 1 rings (SSSR count). The maximum atomic E-state index is 11.7. The fourth-order valence-corrected chi connectivity index (χ4v) is 1.96. The first-order valence-electron chi connectivity index (χ1n) is 4.98. The van der Waals surface area contributed by atoms with E-state index in [9.17, 15) is 4.79 Å². The van der Waals surface area contributed by atoms with E-state index < -0.39 is 5.54 Å². The van der Waals surface area contributed by atoms with Crippen molar-refractivity contribution in [3.63, 3.8) is 0 Å². The van der Waals surface area contributed by atoms with Crippen LogP contribution in [0.4, 0.5) is 5.69 Å². The van der Waals surface area contributed by atoms with Crippen LogP contribution in [-0.2, 0) is 9.53 Å². The van der Waals surface area contributed by atoms with Gasteiger partial charge in [-0.15, -0.1) is 0 Å². The summed E-state index contributed by atoms with van der Waals surface area (Å²) in [7, 11) is 3.27. The van der Waals surface area contributed by atoms with Gasteiger partial charge in [0.1, 0.15) is 5.54 Å². The van der Waals surface area contributed by atoms with E-state index in [1.807, 2.05) is 50.1 Å². The molecular formula is C12H16BrNO2. The molecule has 0 aliphatic carbocycles. The highest BCUT2D eigenvalue weighted by Crippen LogP contribution is 2.30. The summed E-state index contributed by atoms with van der Waals surface area (Å²) in [4.78, 5) is 13.6. The zero-order valence-electron chi connectivity index (χ0n) is 9.95. The number of ether oxygens (including phenoxy) is 1. The fourth-order valence-electron chi connectivity index (χ4n) is 1.41. The quantitative estimate of drug-likeness (QED) is 0.800. The predicted molar refractivity (Wildman–Crippen MR) is 68.6 cm³/mol. The maximum absolute atomic E-state index is 11.7. The van der Waals surface area contributed by atoms with Crippen LogP contribution in [0.25, 0.3) is 0 Å². The van der Waals surface area contributed by atoms with Crippen LogP contribution < -0.4 is 4.90 Å². The van der Waals surface area contributed by atoms with Crippen molar-refractivity contribution >= 4 is 27.6 Å². The van der Waals surface area contributed by atoms with Gasteiger partial charge in [-0.1, -0.05) is 12.1 Å². The third kappa shape index (κ3) is 2.38. The highest BCUT2D eigenvalue weighted by Gasteiger charge is 2.34. The second kappa shape index (κ2) is 4.87. The lowest BCUT2D eigenvalue weighted by atomic mass is 10.0. The van der Waals surface area contributed by atoms with E-state index in [1.54, 1.807) is 0 Å². The van der Waals surface area contributed by atoms with Crippen molar-refractivity contribution in [2.75, 3.05) is 19.1 Å². The third-order valence-electron chi connectivity index (χ3n) is 2.74. The molecule has 0 amide bonds. The number of rotatable bonds is 3. The van der Waals surface area contributed by atoms with Crippen molar-refractivity contribution in [1.29, 1.82) is 0 Å². The second-order valence-corrected chi connectivity index (χ2v) is 4.92. The van der Waals surface area contributed by atoms with Gasteiger partial charge in [0, 0.05) is 11.5 Å². The average Bonchev–Trinajstić information content (AvgIpc) is 2.27. The Kier molecular flexibility index (Phi) is 3.97. The van der Waals surface area contributed by atoms with E-state index in [2.05, 4.69) is 15.9 Å². The molecule has 0 saturated heterocycles. The Bertz CT molecular complexity index is 390. The fraction of sp³-hybridized carbons (Fsp3) is 0.417. The number of hydrogen-bond donors (Lipinski definition) is 0. The summed E-state index contributed by atoms with van der Waals surface area (Å²) in [6.45, 7) is 3.66. The van der Waals surface area contributed by atoms with E-state index in [0.29, 0.717) is 0 Å². The lowest BCUT2D eigenvalue weighted by molar-refractivity contribution is -0.145. The van der Waals surface area contributed by atoms with Gasteiger partial charge in [-0.2, -0.15) is 0 Å². The Morgan fingerprint density at radius 1 is 1.38 bits per heavy atom. The normalized spacial score (nSPS) is 11.1. The topological polar surface area (TPSA) is 29.5 Å². The van der Waals surface area contributed by atoms with Gasteiger partial charge < -0.3 is 9.64 Å². The van der Waals surface area contributed by atoms with Crippen LogP contribution in [0.15, 0.2) is 28.7 Å². The minimum atomic E-state index is -0.696. The summed E-state index contributed by atoms with van der Waals surface area (Å²) in [6, 6.07) is 7.77. The number of carbonyl (C=O) groups is 1. The zero-order chi connectivity index (χ0) is 12.3. The van der Waals surface area contributed by atoms with Crippen LogP contribution >= 0.6 is 15.9 Å². The van der Waals surface area contributed by atoms with Gasteiger partial charge in [0.05, 0.1) is 12.8 Å². The van der Waals surface area contributed by atoms with E-state index in [1.165, 1.54) is 7.11 Å². The van der Waals surface area contributed by atoms with Gasteiger partial charge >= 0.3 is 5.97 Å². The number of esters is 1. The minimum Gasteiger partial charge on any atom is -0.467 e. The van der Waals surface area contributed by atoms with Gasteiger partial charge in [0.2, 0.25) is 0 Å². The molecule has 0 aliphatic heterocycles. The molecule has 0 aliphatic rings. The molecule has 0 N–H and O–H groups in total. The summed E-state index contributed by atoms with van der Waals surface area (Å²) >= 11 is 3.47. The number of halogens is 1. The van der Waals surface area contributed by atoms with E-state index in [0.717, 1.165) is 10.2 Å². The zero-order valence-corrected chi connectivity index (χ0v) is 11.5. The molecule has 88 valence electrons. The molecule has 0 radical (unpaired) electrons. The summed E-state index contributed by atoms with van der Waals surface area (Å²) in [6.07, 6.45) is 0. The number of para-hydroxylation sites is 1. The summed E-state index contributed by atoms with van der Waals surface area (Å²) in [5.74, 6) is -0.259. The average molecular weight is 286 g/mol. The number of hydrogen-bond acceptors (Lipinski definition) is 3. The first-order valence-corrected chi connectivity index (χ1v) is 5.77. The molecule has 0 aromatic heterocycles. The van der Waals surface area contributed by atoms with E-state index in [-0.39, 0.29) is 5.97 Å². The van der Waals surface area contributed by atoms with Gasteiger partial charge in [0.25, 0.3) is 0 Å². The van der Waals surface area contributed by atoms with Crippen molar-refractivity contribution in [2.45, 2.75) is 19.4 Å². The van der Waals surface area contributed by atoms with Crippen molar-refractivity contribution < 1.29 is 9.53 Å². The summed E-state index contributed by atoms with van der Waals surface area (Å²) < 4.78 is 5.75. The lowest BCUT2D eigenvalue weighted by Gasteiger charge is -2.35. The highest BCUT2D eigenvalue weighted by molar-refractivity contribution is 9.10. The first kappa shape index (κ1) is 13.0. The molecule has 0 unspecified atom stereocenters. The number of nitrogens with zero attached hydrogens (tertiary/aromatic N) is 1. The van der Waals surface area contributed by atoms with Crippen molar-refractivity contribution in [2.24, 2.45) is 0 Å².